The third kappa shape index (κ3) is 4.28. The fourth-order valence-corrected chi connectivity index (χ4v) is 3.52. The number of carbonyl (C=O) groups is 1. The van der Waals surface area contributed by atoms with Gasteiger partial charge in [0.15, 0.2) is 0 Å². The Hall–Kier alpha value is -2.46. The van der Waals surface area contributed by atoms with Crippen molar-refractivity contribution in [1.82, 2.24) is 9.91 Å². The number of carbonyl (C=O) groups excluding carboxylic acids is 1. The summed E-state index contributed by atoms with van der Waals surface area (Å²) in [5, 5.41) is 6.50. The van der Waals surface area contributed by atoms with Gasteiger partial charge >= 0.3 is 0 Å². The molecule has 2 aromatic carbocycles. The Kier molecular flexibility index (Phi) is 5.76. The molecule has 0 aliphatic carbocycles. The van der Waals surface area contributed by atoms with E-state index < -0.39 is 0 Å². The molecule has 1 atom stereocenters. The summed E-state index contributed by atoms with van der Waals surface area (Å²) in [6.45, 7) is 9.56. The number of aryl methyl sites for hydroxylation is 3. The van der Waals surface area contributed by atoms with Crippen molar-refractivity contribution in [3.63, 3.8) is 0 Å². The topological polar surface area (TPSA) is 35.9 Å². The van der Waals surface area contributed by atoms with Gasteiger partial charge in [-0.1, -0.05) is 60.5 Å². The zero-order valence-corrected chi connectivity index (χ0v) is 17.0. The molecule has 0 saturated heterocycles. The highest BCUT2D eigenvalue weighted by Gasteiger charge is 2.34. The van der Waals surface area contributed by atoms with E-state index in [1.807, 2.05) is 11.9 Å². The number of nitrogens with zero attached hydrogens (tertiary/aromatic N) is 3. The summed E-state index contributed by atoms with van der Waals surface area (Å²) < 4.78 is 0. The number of amides is 1. The molecule has 0 saturated carbocycles. The fraction of sp³-hybridized carbons (Fsp3) is 0.391. The van der Waals surface area contributed by atoms with Crippen molar-refractivity contribution in [3.8, 4) is 0 Å². The highest BCUT2D eigenvalue weighted by atomic mass is 16.2. The van der Waals surface area contributed by atoms with Crippen LogP contribution in [0.1, 0.15) is 47.2 Å². The number of rotatable bonds is 5. The maximum atomic E-state index is 13.0. The second-order valence-electron chi connectivity index (χ2n) is 7.56. The van der Waals surface area contributed by atoms with Crippen molar-refractivity contribution in [1.29, 1.82) is 0 Å². The Balaban J connectivity index is 1.98. The average molecular weight is 364 g/mol. The van der Waals surface area contributed by atoms with Gasteiger partial charge in [-0.2, -0.15) is 5.10 Å². The minimum atomic E-state index is -0.0434. The summed E-state index contributed by atoms with van der Waals surface area (Å²) in [5.41, 5.74) is 6.88. The smallest absolute Gasteiger partial charge is 0.257 e. The van der Waals surface area contributed by atoms with Crippen LogP contribution in [-0.4, -0.2) is 41.7 Å². The van der Waals surface area contributed by atoms with E-state index in [-0.39, 0.29) is 11.9 Å². The first kappa shape index (κ1) is 19.3. The van der Waals surface area contributed by atoms with Gasteiger partial charge in [0.1, 0.15) is 0 Å². The number of benzene rings is 2. The van der Waals surface area contributed by atoms with Crippen molar-refractivity contribution in [3.05, 3.63) is 70.3 Å². The van der Waals surface area contributed by atoms with Crippen LogP contribution in [0, 0.1) is 20.8 Å². The van der Waals surface area contributed by atoms with E-state index in [4.69, 9.17) is 5.10 Å². The van der Waals surface area contributed by atoms with Crippen LogP contribution in [0.2, 0.25) is 0 Å². The largest absolute Gasteiger partial charge is 0.298 e. The van der Waals surface area contributed by atoms with E-state index in [0.717, 1.165) is 24.2 Å². The molecule has 0 spiro atoms. The Bertz CT molecular complexity index is 872. The normalized spacial score (nSPS) is 16.7. The first-order chi connectivity index (χ1) is 12.9. The number of hydrogen-bond acceptors (Lipinski definition) is 3. The maximum Gasteiger partial charge on any atom is 0.257 e. The highest BCUT2D eigenvalue weighted by molar-refractivity contribution is 6.03. The Morgan fingerprint density at radius 3 is 2.59 bits per heavy atom. The SMILES string of the molecule is CCN(C)CC(=O)N1N=C(c2cccc(C)c2)CC1c1cc(C)ccc1C. The molecule has 1 aliphatic heterocycles. The van der Waals surface area contributed by atoms with Crippen LogP contribution < -0.4 is 0 Å². The minimum Gasteiger partial charge on any atom is -0.298 e. The molecule has 0 N–H and O–H groups in total. The second kappa shape index (κ2) is 8.05. The zero-order valence-electron chi connectivity index (χ0n) is 17.0. The Morgan fingerprint density at radius 2 is 1.89 bits per heavy atom. The maximum absolute atomic E-state index is 13.0. The first-order valence-electron chi connectivity index (χ1n) is 9.61. The van der Waals surface area contributed by atoms with Gasteiger partial charge in [-0.15, -0.1) is 0 Å². The molecule has 1 amide bonds. The monoisotopic (exact) mass is 363 g/mol. The van der Waals surface area contributed by atoms with Crippen molar-refractivity contribution in [2.45, 2.75) is 40.2 Å². The van der Waals surface area contributed by atoms with E-state index in [9.17, 15) is 4.79 Å². The van der Waals surface area contributed by atoms with Crippen LogP contribution in [0.15, 0.2) is 47.6 Å². The van der Waals surface area contributed by atoms with Crippen LogP contribution >= 0.6 is 0 Å². The molecule has 0 radical (unpaired) electrons. The van der Waals surface area contributed by atoms with E-state index >= 15 is 0 Å². The van der Waals surface area contributed by atoms with Crippen LogP contribution in [0.25, 0.3) is 0 Å². The lowest BCUT2D eigenvalue weighted by atomic mass is 9.93. The van der Waals surface area contributed by atoms with Gasteiger partial charge in [0.25, 0.3) is 5.91 Å². The Morgan fingerprint density at radius 1 is 1.15 bits per heavy atom. The van der Waals surface area contributed by atoms with Gasteiger partial charge in [-0.3, -0.25) is 9.69 Å². The molecule has 0 aromatic heterocycles. The first-order valence-corrected chi connectivity index (χ1v) is 9.61. The summed E-state index contributed by atoms with van der Waals surface area (Å²) >= 11 is 0. The van der Waals surface area contributed by atoms with E-state index in [0.29, 0.717) is 6.54 Å². The molecule has 1 aliphatic rings. The van der Waals surface area contributed by atoms with E-state index in [2.05, 4.69) is 70.2 Å². The van der Waals surface area contributed by atoms with Gasteiger partial charge in [0.05, 0.1) is 18.3 Å². The predicted octanol–water partition coefficient (Wildman–Crippen LogP) is 4.24. The van der Waals surface area contributed by atoms with Crippen LogP contribution in [0.5, 0.6) is 0 Å². The molecule has 4 nitrogen and oxygen atoms in total. The standard InChI is InChI=1S/C23H29N3O/c1-6-25(5)15-23(27)26-22(20-13-17(3)10-11-18(20)4)14-21(24-26)19-9-7-8-16(2)12-19/h7-13,22H,6,14-15H2,1-5H3. The van der Waals surface area contributed by atoms with E-state index in [1.54, 1.807) is 5.01 Å². The van der Waals surface area contributed by atoms with Crippen molar-refractivity contribution >= 4 is 11.6 Å². The third-order valence-electron chi connectivity index (χ3n) is 5.26. The van der Waals surface area contributed by atoms with Gasteiger partial charge in [0.2, 0.25) is 0 Å². The average Bonchev–Trinajstić information content (AvgIpc) is 3.09. The predicted molar refractivity (Wildman–Crippen MR) is 111 cm³/mol. The number of hydrogen-bond donors (Lipinski definition) is 0. The molecular formula is C23H29N3O. The molecule has 142 valence electrons. The summed E-state index contributed by atoms with van der Waals surface area (Å²) in [7, 11) is 1.96. The van der Waals surface area contributed by atoms with Crippen LogP contribution in [0.3, 0.4) is 0 Å². The number of likely N-dealkylation sites (N-methyl/N-ethyl adjacent to an activating group) is 1. The molecule has 0 bridgehead atoms. The van der Waals surface area contributed by atoms with Gasteiger partial charge < -0.3 is 0 Å². The second-order valence-corrected chi connectivity index (χ2v) is 7.56. The molecule has 4 heteroatoms. The molecule has 3 rings (SSSR count). The fourth-order valence-electron chi connectivity index (χ4n) is 3.52. The molecular weight excluding hydrogens is 334 g/mol. The molecule has 1 unspecified atom stereocenters. The molecule has 27 heavy (non-hydrogen) atoms. The summed E-state index contributed by atoms with van der Waals surface area (Å²) in [6, 6.07) is 14.8. The van der Waals surface area contributed by atoms with Gasteiger partial charge in [0, 0.05) is 6.42 Å². The summed E-state index contributed by atoms with van der Waals surface area (Å²) in [6.07, 6.45) is 0.745. The number of hydrazone groups is 1. The quantitative estimate of drug-likeness (QED) is 0.796. The molecule has 0 fully saturated rings. The van der Waals surface area contributed by atoms with Crippen molar-refractivity contribution in [2.24, 2.45) is 5.10 Å². The minimum absolute atomic E-state index is 0.0434. The molecule has 1 heterocycles. The summed E-state index contributed by atoms with van der Waals surface area (Å²) in [4.78, 5) is 15.0. The van der Waals surface area contributed by atoms with Gasteiger partial charge in [-0.05, 0) is 51.1 Å². The lowest BCUT2D eigenvalue weighted by Crippen LogP contribution is -2.36. The highest BCUT2D eigenvalue weighted by Crippen LogP contribution is 2.35. The van der Waals surface area contributed by atoms with E-state index in [1.165, 1.54) is 22.3 Å². The van der Waals surface area contributed by atoms with Crippen LogP contribution in [-0.2, 0) is 4.79 Å². The Labute approximate surface area is 162 Å². The van der Waals surface area contributed by atoms with Crippen molar-refractivity contribution in [2.75, 3.05) is 20.1 Å². The van der Waals surface area contributed by atoms with Gasteiger partial charge in [-0.25, -0.2) is 5.01 Å². The zero-order chi connectivity index (χ0) is 19.6. The lowest BCUT2D eigenvalue weighted by molar-refractivity contribution is -0.133. The van der Waals surface area contributed by atoms with Crippen molar-refractivity contribution < 1.29 is 4.79 Å². The summed E-state index contributed by atoms with van der Waals surface area (Å²) in [5.74, 6) is 0.0490. The lowest BCUT2D eigenvalue weighted by Gasteiger charge is -2.25. The third-order valence-corrected chi connectivity index (χ3v) is 5.26. The van der Waals surface area contributed by atoms with Crippen LogP contribution in [0.4, 0.5) is 0 Å². The molecule has 2 aromatic rings.